The summed E-state index contributed by atoms with van der Waals surface area (Å²) in [5.41, 5.74) is 2.40. The van der Waals surface area contributed by atoms with Crippen molar-refractivity contribution < 1.29 is 14.9 Å². The van der Waals surface area contributed by atoms with Crippen molar-refractivity contribution in [3.8, 4) is 17.2 Å². The van der Waals surface area contributed by atoms with Crippen molar-refractivity contribution in [2.24, 2.45) is 17.8 Å². The van der Waals surface area contributed by atoms with E-state index in [4.69, 9.17) is 17.0 Å². The van der Waals surface area contributed by atoms with Gasteiger partial charge in [-0.05, 0) is 48.2 Å². The van der Waals surface area contributed by atoms with Crippen molar-refractivity contribution in [1.82, 2.24) is 10.6 Å². The molecule has 0 radical (unpaired) electrons. The molecule has 3 aliphatic rings. The molecule has 0 aromatic heterocycles. The smallest absolute Gasteiger partial charge is 0.200 e. The van der Waals surface area contributed by atoms with Crippen molar-refractivity contribution >= 4 is 17.3 Å². The molecule has 6 heteroatoms. The predicted octanol–water partition coefficient (Wildman–Crippen LogP) is 5.20. The van der Waals surface area contributed by atoms with Crippen molar-refractivity contribution in [3.05, 3.63) is 89.5 Å². The summed E-state index contributed by atoms with van der Waals surface area (Å²) in [5, 5.41) is 28.9. The zero-order valence-electron chi connectivity index (χ0n) is 18.9. The van der Waals surface area contributed by atoms with E-state index in [2.05, 4.69) is 54.0 Å². The van der Waals surface area contributed by atoms with Gasteiger partial charge in [0.25, 0.3) is 0 Å². The Hall–Kier alpha value is -3.25. The fraction of sp³-hybridized carbons (Fsp3) is 0.321. The molecule has 1 saturated carbocycles. The maximum Gasteiger partial charge on any atom is 0.200 e. The number of hydrogen-bond acceptors (Lipinski definition) is 4. The Bertz CT molecular complexity index is 1240. The molecule has 2 aliphatic heterocycles. The van der Waals surface area contributed by atoms with Crippen LogP contribution in [0.1, 0.15) is 48.4 Å². The number of nitrogens with one attached hydrogen (secondary N) is 2. The Labute approximate surface area is 204 Å². The average molecular weight is 473 g/mol. The van der Waals surface area contributed by atoms with Crippen LogP contribution in [0.5, 0.6) is 17.2 Å². The molecule has 2 fully saturated rings. The molecule has 3 aromatic rings. The summed E-state index contributed by atoms with van der Waals surface area (Å²) < 4.78 is 6.81. The van der Waals surface area contributed by atoms with Gasteiger partial charge in [-0.3, -0.25) is 0 Å². The SMILES string of the molecule is C[C@@H]1C[C@@H]2[C@H](c3ccccc3)NC(=S)N[C@]23Oc2c(ccc(O)c2O)[C@H](c2ccccc2)[C@@H]3C1. The van der Waals surface area contributed by atoms with Crippen molar-refractivity contribution in [2.75, 3.05) is 0 Å². The number of benzene rings is 3. The molecule has 174 valence electrons. The molecule has 1 aliphatic carbocycles. The standard InChI is InChI=1S/C28H28N2O3S/c1-16-14-20-23(17-8-4-2-5-9-17)19-12-13-22(31)25(32)26(19)33-28(20)21(15-16)24(29-27(34)30-28)18-10-6-3-7-11-18/h2-13,16,20-21,23-24,31-32H,14-15H2,1H3,(H2,29,30,34)/t16-,20-,21+,23-,24-,28+/m0/s1. The number of ether oxygens (including phenoxy) is 1. The van der Waals surface area contributed by atoms with Crippen LogP contribution in [-0.2, 0) is 0 Å². The molecule has 6 atom stereocenters. The largest absolute Gasteiger partial charge is 0.504 e. The van der Waals surface area contributed by atoms with Crippen LogP contribution in [0.3, 0.4) is 0 Å². The topological polar surface area (TPSA) is 73.8 Å². The highest BCUT2D eigenvalue weighted by Crippen LogP contribution is 2.61. The highest BCUT2D eigenvalue weighted by atomic mass is 32.1. The summed E-state index contributed by atoms with van der Waals surface area (Å²) in [6, 6.07) is 24.2. The fourth-order valence-electron chi connectivity index (χ4n) is 6.54. The molecular weight excluding hydrogens is 444 g/mol. The van der Waals surface area contributed by atoms with Crippen LogP contribution < -0.4 is 15.4 Å². The molecule has 1 spiro atoms. The molecule has 4 N–H and O–H groups in total. The van der Waals surface area contributed by atoms with Gasteiger partial charge < -0.3 is 25.6 Å². The second-order valence-electron chi connectivity index (χ2n) is 9.91. The van der Waals surface area contributed by atoms with Crippen LogP contribution in [0.4, 0.5) is 0 Å². The van der Waals surface area contributed by atoms with E-state index in [0.717, 1.165) is 29.5 Å². The second kappa shape index (κ2) is 7.91. The lowest BCUT2D eigenvalue weighted by Crippen LogP contribution is -2.74. The van der Waals surface area contributed by atoms with Crippen LogP contribution in [0.25, 0.3) is 0 Å². The first-order valence-corrected chi connectivity index (χ1v) is 12.3. The summed E-state index contributed by atoms with van der Waals surface area (Å²) in [4.78, 5) is 0. The lowest BCUT2D eigenvalue weighted by molar-refractivity contribution is -0.133. The first-order valence-electron chi connectivity index (χ1n) is 11.9. The minimum Gasteiger partial charge on any atom is -0.504 e. The number of rotatable bonds is 2. The van der Waals surface area contributed by atoms with Crippen LogP contribution >= 0.6 is 12.2 Å². The second-order valence-corrected chi connectivity index (χ2v) is 10.3. The molecule has 5 nitrogen and oxygen atoms in total. The van der Waals surface area contributed by atoms with E-state index >= 15 is 0 Å². The van der Waals surface area contributed by atoms with Gasteiger partial charge in [0, 0.05) is 23.3 Å². The van der Waals surface area contributed by atoms with E-state index in [1.54, 1.807) is 6.07 Å². The van der Waals surface area contributed by atoms with E-state index in [0.29, 0.717) is 16.8 Å². The van der Waals surface area contributed by atoms with Crippen LogP contribution in [-0.4, -0.2) is 21.1 Å². The first-order chi connectivity index (χ1) is 16.5. The van der Waals surface area contributed by atoms with E-state index < -0.39 is 5.72 Å². The zero-order valence-corrected chi connectivity index (χ0v) is 19.8. The summed E-state index contributed by atoms with van der Waals surface area (Å²) in [5.74, 6) is 0.526. The summed E-state index contributed by atoms with van der Waals surface area (Å²) in [6.45, 7) is 2.31. The predicted molar refractivity (Wildman–Crippen MR) is 135 cm³/mol. The van der Waals surface area contributed by atoms with Gasteiger partial charge in [-0.25, -0.2) is 0 Å². The molecule has 2 heterocycles. The quantitative estimate of drug-likeness (QED) is 0.304. The Morgan fingerprint density at radius 3 is 2.24 bits per heavy atom. The maximum atomic E-state index is 10.9. The van der Waals surface area contributed by atoms with Crippen molar-refractivity contribution in [2.45, 2.75) is 37.5 Å². The van der Waals surface area contributed by atoms with E-state index in [9.17, 15) is 10.2 Å². The Kier molecular flexibility index (Phi) is 4.96. The Morgan fingerprint density at radius 2 is 1.53 bits per heavy atom. The van der Waals surface area contributed by atoms with Crippen LogP contribution in [0, 0.1) is 17.8 Å². The Balaban J connectivity index is 1.58. The third kappa shape index (κ3) is 3.16. The molecule has 1 saturated heterocycles. The van der Waals surface area contributed by atoms with Crippen LogP contribution in [0.15, 0.2) is 72.8 Å². The zero-order chi connectivity index (χ0) is 23.4. The summed E-state index contributed by atoms with van der Waals surface area (Å²) in [7, 11) is 0. The minimum atomic E-state index is -0.825. The lowest BCUT2D eigenvalue weighted by atomic mass is 9.58. The number of hydrogen-bond donors (Lipinski definition) is 4. The summed E-state index contributed by atoms with van der Waals surface area (Å²) in [6.07, 6.45) is 1.89. The van der Waals surface area contributed by atoms with Gasteiger partial charge in [-0.15, -0.1) is 0 Å². The third-order valence-electron chi connectivity index (χ3n) is 7.88. The molecule has 0 bridgehead atoms. The minimum absolute atomic E-state index is 0.0217. The molecular formula is C28H28N2O3S. The molecule has 6 rings (SSSR count). The van der Waals surface area contributed by atoms with Crippen LogP contribution in [0.2, 0.25) is 0 Å². The monoisotopic (exact) mass is 472 g/mol. The molecule has 34 heavy (non-hydrogen) atoms. The van der Waals surface area contributed by atoms with E-state index in [1.807, 2.05) is 30.3 Å². The van der Waals surface area contributed by atoms with Gasteiger partial charge in [0.1, 0.15) is 0 Å². The van der Waals surface area contributed by atoms with Gasteiger partial charge in [0.15, 0.2) is 22.3 Å². The molecule has 3 aromatic carbocycles. The summed E-state index contributed by atoms with van der Waals surface area (Å²) >= 11 is 5.74. The van der Waals surface area contributed by atoms with Crippen molar-refractivity contribution in [3.63, 3.8) is 0 Å². The molecule has 0 unspecified atom stereocenters. The third-order valence-corrected chi connectivity index (χ3v) is 8.10. The van der Waals surface area contributed by atoms with Gasteiger partial charge in [0.2, 0.25) is 5.75 Å². The van der Waals surface area contributed by atoms with E-state index in [1.165, 1.54) is 0 Å². The lowest BCUT2D eigenvalue weighted by Gasteiger charge is -2.60. The first kappa shape index (κ1) is 21.3. The highest BCUT2D eigenvalue weighted by molar-refractivity contribution is 7.80. The average Bonchev–Trinajstić information content (AvgIpc) is 2.85. The number of phenolic OH excluding ortho intramolecular Hbond substituents is 2. The van der Waals surface area contributed by atoms with Gasteiger partial charge in [0.05, 0.1) is 6.04 Å². The highest BCUT2D eigenvalue weighted by Gasteiger charge is 2.62. The Morgan fingerprint density at radius 1 is 0.882 bits per heavy atom. The van der Waals surface area contributed by atoms with E-state index in [-0.39, 0.29) is 35.3 Å². The number of aromatic hydroxyl groups is 2. The van der Waals surface area contributed by atoms with Gasteiger partial charge in [-0.1, -0.05) is 73.7 Å². The number of thiocarbonyl (C=S) groups is 1. The fourth-order valence-corrected chi connectivity index (χ4v) is 6.82. The number of phenols is 2. The van der Waals surface area contributed by atoms with Crippen molar-refractivity contribution in [1.29, 1.82) is 0 Å². The van der Waals surface area contributed by atoms with Gasteiger partial charge >= 0.3 is 0 Å². The molecule has 0 amide bonds. The van der Waals surface area contributed by atoms with Gasteiger partial charge in [-0.2, -0.15) is 0 Å². The normalized spacial score (nSPS) is 31.7. The maximum absolute atomic E-state index is 10.9. The number of fused-ring (bicyclic) bond motifs is 1.